The van der Waals surface area contributed by atoms with Crippen LogP contribution in [-0.4, -0.2) is 18.6 Å². The van der Waals surface area contributed by atoms with Gasteiger partial charge in [0.05, 0.1) is 12.0 Å². The normalized spacial score (nSPS) is 10.7. The standard InChI is InChI=1S/C26H26N2O2S/c1-29-24-10-6-5-9-21(24)15-16-27-18-26-28-17-25(31-26)22-11-13-23(14-12-22)30-19-20-7-3-2-4-8-20/h2-14,17,27H,15-16,18-19H2,1H3. The first-order valence-electron chi connectivity index (χ1n) is 10.4. The van der Waals surface area contributed by atoms with Crippen molar-refractivity contribution < 1.29 is 9.47 Å². The molecule has 4 rings (SSSR count). The highest BCUT2D eigenvalue weighted by atomic mass is 32.1. The van der Waals surface area contributed by atoms with Crippen LogP contribution in [-0.2, 0) is 19.6 Å². The summed E-state index contributed by atoms with van der Waals surface area (Å²) in [6.45, 7) is 2.21. The summed E-state index contributed by atoms with van der Waals surface area (Å²) in [6.07, 6.45) is 2.87. The number of aromatic nitrogens is 1. The first kappa shape index (κ1) is 21.1. The molecular weight excluding hydrogens is 404 g/mol. The van der Waals surface area contributed by atoms with Crippen LogP contribution in [0, 0.1) is 0 Å². The Morgan fingerprint density at radius 2 is 1.68 bits per heavy atom. The second kappa shape index (κ2) is 10.8. The Labute approximate surface area is 187 Å². The molecule has 0 saturated heterocycles. The Morgan fingerprint density at radius 1 is 0.903 bits per heavy atom. The summed E-state index contributed by atoms with van der Waals surface area (Å²) < 4.78 is 11.3. The molecule has 1 heterocycles. The first-order valence-corrected chi connectivity index (χ1v) is 11.2. The molecule has 0 saturated carbocycles. The average molecular weight is 431 g/mol. The van der Waals surface area contributed by atoms with Gasteiger partial charge in [0.2, 0.25) is 0 Å². The number of thiazole rings is 1. The van der Waals surface area contributed by atoms with Crippen molar-refractivity contribution in [2.24, 2.45) is 0 Å². The summed E-state index contributed by atoms with van der Waals surface area (Å²) in [7, 11) is 1.71. The van der Waals surface area contributed by atoms with Crippen molar-refractivity contribution >= 4 is 11.3 Å². The number of nitrogens with zero attached hydrogens (tertiary/aromatic N) is 1. The van der Waals surface area contributed by atoms with Gasteiger partial charge in [0, 0.05) is 12.7 Å². The van der Waals surface area contributed by atoms with Gasteiger partial charge < -0.3 is 14.8 Å². The molecular formula is C26H26N2O2S. The number of hydrogen-bond acceptors (Lipinski definition) is 5. The highest BCUT2D eigenvalue weighted by Gasteiger charge is 2.06. The highest BCUT2D eigenvalue weighted by molar-refractivity contribution is 7.15. The second-order valence-electron chi connectivity index (χ2n) is 7.16. The van der Waals surface area contributed by atoms with E-state index < -0.39 is 0 Å². The van der Waals surface area contributed by atoms with Crippen molar-refractivity contribution in [3.8, 4) is 21.9 Å². The van der Waals surface area contributed by atoms with Gasteiger partial charge in [0.15, 0.2) is 0 Å². The van der Waals surface area contributed by atoms with Crippen molar-refractivity contribution in [3.63, 3.8) is 0 Å². The molecule has 5 heteroatoms. The molecule has 1 N–H and O–H groups in total. The van der Waals surface area contributed by atoms with Crippen LogP contribution in [0.5, 0.6) is 11.5 Å². The molecule has 158 valence electrons. The maximum Gasteiger partial charge on any atom is 0.122 e. The second-order valence-corrected chi connectivity index (χ2v) is 8.27. The zero-order valence-corrected chi connectivity index (χ0v) is 18.4. The van der Waals surface area contributed by atoms with Crippen molar-refractivity contribution in [1.29, 1.82) is 0 Å². The van der Waals surface area contributed by atoms with Crippen LogP contribution in [0.1, 0.15) is 16.1 Å². The number of ether oxygens (including phenoxy) is 2. The van der Waals surface area contributed by atoms with Crippen LogP contribution in [0.25, 0.3) is 10.4 Å². The SMILES string of the molecule is COc1ccccc1CCNCc1ncc(-c2ccc(OCc3ccccc3)cc2)s1. The van der Waals surface area contributed by atoms with Crippen LogP contribution in [0.4, 0.5) is 0 Å². The lowest BCUT2D eigenvalue weighted by molar-refractivity contribution is 0.306. The van der Waals surface area contributed by atoms with E-state index in [2.05, 4.69) is 40.6 Å². The molecule has 0 bridgehead atoms. The fourth-order valence-corrected chi connectivity index (χ4v) is 4.20. The Balaban J connectivity index is 1.26. The Kier molecular flexibility index (Phi) is 7.32. The lowest BCUT2D eigenvalue weighted by Gasteiger charge is -2.08. The fourth-order valence-electron chi connectivity index (χ4n) is 3.31. The minimum Gasteiger partial charge on any atom is -0.496 e. The number of benzene rings is 3. The molecule has 3 aromatic carbocycles. The third-order valence-corrected chi connectivity index (χ3v) is 6.03. The zero-order valence-electron chi connectivity index (χ0n) is 17.6. The quantitative estimate of drug-likeness (QED) is 0.326. The van der Waals surface area contributed by atoms with Gasteiger partial charge in [0.25, 0.3) is 0 Å². The molecule has 0 fully saturated rings. The Bertz CT molecular complexity index is 1080. The van der Waals surface area contributed by atoms with Crippen LogP contribution in [0.3, 0.4) is 0 Å². The number of hydrogen-bond donors (Lipinski definition) is 1. The molecule has 0 aliphatic heterocycles. The molecule has 0 unspecified atom stereocenters. The maximum atomic E-state index is 5.88. The minimum atomic E-state index is 0.575. The molecule has 1 aromatic heterocycles. The summed E-state index contributed by atoms with van der Waals surface area (Å²) in [6, 6.07) is 26.6. The predicted molar refractivity (Wildman–Crippen MR) is 127 cm³/mol. The summed E-state index contributed by atoms with van der Waals surface area (Å²) in [5, 5.41) is 4.56. The third kappa shape index (κ3) is 5.94. The zero-order chi connectivity index (χ0) is 21.3. The van der Waals surface area contributed by atoms with Gasteiger partial charge in [-0.1, -0.05) is 48.5 Å². The molecule has 4 aromatic rings. The van der Waals surface area contributed by atoms with E-state index in [4.69, 9.17) is 9.47 Å². The Hall–Kier alpha value is -3.15. The van der Waals surface area contributed by atoms with Crippen molar-refractivity contribution in [2.75, 3.05) is 13.7 Å². The van der Waals surface area contributed by atoms with Crippen LogP contribution < -0.4 is 14.8 Å². The van der Waals surface area contributed by atoms with Gasteiger partial charge in [-0.05, 0) is 60.0 Å². The van der Waals surface area contributed by atoms with Gasteiger partial charge in [0.1, 0.15) is 23.1 Å². The van der Waals surface area contributed by atoms with Crippen molar-refractivity contribution in [2.45, 2.75) is 19.6 Å². The monoisotopic (exact) mass is 430 g/mol. The lowest BCUT2D eigenvalue weighted by atomic mass is 10.1. The Morgan fingerprint density at radius 3 is 2.48 bits per heavy atom. The number of para-hydroxylation sites is 1. The van der Waals surface area contributed by atoms with E-state index in [0.29, 0.717) is 6.61 Å². The molecule has 4 nitrogen and oxygen atoms in total. The lowest BCUT2D eigenvalue weighted by Crippen LogP contribution is -2.16. The predicted octanol–water partition coefficient (Wildman–Crippen LogP) is 5.73. The smallest absolute Gasteiger partial charge is 0.122 e. The van der Waals surface area contributed by atoms with E-state index >= 15 is 0 Å². The summed E-state index contributed by atoms with van der Waals surface area (Å²) in [4.78, 5) is 5.73. The van der Waals surface area contributed by atoms with Gasteiger partial charge in [-0.15, -0.1) is 11.3 Å². The van der Waals surface area contributed by atoms with E-state index in [1.54, 1.807) is 18.4 Å². The number of methoxy groups -OCH3 is 1. The molecule has 0 aliphatic carbocycles. The average Bonchev–Trinajstić information content (AvgIpc) is 3.31. The molecule has 0 atom stereocenters. The molecule has 0 aliphatic rings. The molecule has 0 spiro atoms. The summed E-state index contributed by atoms with van der Waals surface area (Å²) in [5.74, 6) is 1.81. The summed E-state index contributed by atoms with van der Waals surface area (Å²) in [5.41, 5.74) is 3.54. The van der Waals surface area contributed by atoms with Crippen LogP contribution in [0.15, 0.2) is 85.1 Å². The van der Waals surface area contributed by atoms with Crippen molar-refractivity contribution in [1.82, 2.24) is 10.3 Å². The first-order chi connectivity index (χ1) is 15.3. The molecule has 31 heavy (non-hydrogen) atoms. The van der Waals surface area contributed by atoms with E-state index in [1.807, 2.05) is 54.7 Å². The topological polar surface area (TPSA) is 43.4 Å². The third-order valence-electron chi connectivity index (χ3n) is 4.98. The maximum absolute atomic E-state index is 5.88. The van der Waals surface area contributed by atoms with E-state index in [1.165, 1.54) is 5.56 Å². The van der Waals surface area contributed by atoms with E-state index in [9.17, 15) is 0 Å². The van der Waals surface area contributed by atoms with Gasteiger partial charge >= 0.3 is 0 Å². The number of nitrogens with one attached hydrogen (secondary N) is 1. The minimum absolute atomic E-state index is 0.575. The van der Waals surface area contributed by atoms with Crippen molar-refractivity contribution in [3.05, 3.63) is 101 Å². The van der Waals surface area contributed by atoms with E-state index in [0.717, 1.165) is 52.0 Å². The number of rotatable bonds is 10. The summed E-state index contributed by atoms with van der Waals surface area (Å²) >= 11 is 1.72. The molecule has 0 amide bonds. The van der Waals surface area contributed by atoms with Gasteiger partial charge in [-0.25, -0.2) is 4.98 Å². The van der Waals surface area contributed by atoms with E-state index in [-0.39, 0.29) is 0 Å². The fraction of sp³-hybridized carbons (Fsp3) is 0.192. The van der Waals surface area contributed by atoms with Crippen LogP contribution >= 0.6 is 11.3 Å². The van der Waals surface area contributed by atoms with Gasteiger partial charge in [-0.3, -0.25) is 0 Å². The van der Waals surface area contributed by atoms with Gasteiger partial charge in [-0.2, -0.15) is 0 Å². The largest absolute Gasteiger partial charge is 0.496 e. The molecule has 0 radical (unpaired) electrons. The highest BCUT2D eigenvalue weighted by Crippen LogP contribution is 2.28. The van der Waals surface area contributed by atoms with Crippen LogP contribution in [0.2, 0.25) is 0 Å².